The fraction of sp³-hybridized carbons (Fsp3) is 0.538. The smallest absolute Gasteiger partial charge is 0.311 e. The standard InChI is InChI=1S/C13H16N4O2/c1-2-3-13(12(18)19)4-7-17(9-13)11-10(8-14)15-5-6-16-11/h5-6H,2-4,7,9H2,1H3,(H,18,19). The summed E-state index contributed by atoms with van der Waals surface area (Å²) in [5.41, 5.74) is -0.473. The highest BCUT2D eigenvalue weighted by atomic mass is 16.4. The van der Waals surface area contributed by atoms with Gasteiger partial charge in [0.25, 0.3) is 0 Å². The van der Waals surface area contributed by atoms with Crippen LogP contribution in [0.4, 0.5) is 5.82 Å². The maximum Gasteiger partial charge on any atom is 0.311 e. The van der Waals surface area contributed by atoms with Crippen molar-refractivity contribution in [2.45, 2.75) is 26.2 Å². The Morgan fingerprint density at radius 1 is 1.58 bits per heavy atom. The Morgan fingerprint density at radius 3 is 2.95 bits per heavy atom. The molecule has 1 N–H and O–H groups in total. The quantitative estimate of drug-likeness (QED) is 0.880. The Balaban J connectivity index is 2.26. The molecular formula is C13H16N4O2. The van der Waals surface area contributed by atoms with Gasteiger partial charge in [-0.1, -0.05) is 13.3 Å². The molecule has 1 aromatic heterocycles. The predicted octanol–water partition coefficient (Wildman–Crippen LogP) is 1.43. The molecule has 0 bridgehead atoms. The number of nitrogens with zero attached hydrogens (tertiary/aromatic N) is 4. The molecule has 6 heteroatoms. The summed E-state index contributed by atoms with van der Waals surface area (Å²) in [6.07, 6.45) is 5.04. The van der Waals surface area contributed by atoms with Crippen LogP contribution in [0, 0.1) is 16.7 Å². The topological polar surface area (TPSA) is 90.1 Å². The van der Waals surface area contributed by atoms with Gasteiger partial charge in [0.2, 0.25) is 0 Å². The van der Waals surface area contributed by atoms with Gasteiger partial charge in [-0.2, -0.15) is 5.26 Å². The van der Waals surface area contributed by atoms with Crippen LogP contribution < -0.4 is 4.90 Å². The molecule has 2 heterocycles. The number of anilines is 1. The number of carboxylic acids is 1. The zero-order valence-electron chi connectivity index (χ0n) is 10.8. The van der Waals surface area contributed by atoms with E-state index >= 15 is 0 Å². The molecule has 2 rings (SSSR count). The van der Waals surface area contributed by atoms with E-state index in [4.69, 9.17) is 5.26 Å². The van der Waals surface area contributed by atoms with E-state index in [0.29, 0.717) is 31.7 Å². The maximum absolute atomic E-state index is 11.5. The third-order valence-corrected chi connectivity index (χ3v) is 3.62. The molecule has 0 spiro atoms. The summed E-state index contributed by atoms with van der Waals surface area (Å²) in [5.74, 6) is -0.275. The van der Waals surface area contributed by atoms with Crippen LogP contribution in [-0.2, 0) is 4.79 Å². The first-order valence-electron chi connectivity index (χ1n) is 6.32. The van der Waals surface area contributed by atoms with E-state index in [2.05, 4.69) is 9.97 Å². The summed E-state index contributed by atoms with van der Waals surface area (Å²) in [7, 11) is 0. The first-order chi connectivity index (χ1) is 9.13. The number of carboxylic acid groups (broad SMARTS) is 1. The lowest BCUT2D eigenvalue weighted by Gasteiger charge is -2.24. The van der Waals surface area contributed by atoms with Gasteiger partial charge in [-0.05, 0) is 12.8 Å². The van der Waals surface area contributed by atoms with Crippen LogP contribution in [0.3, 0.4) is 0 Å². The third-order valence-electron chi connectivity index (χ3n) is 3.62. The van der Waals surface area contributed by atoms with Crippen molar-refractivity contribution < 1.29 is 9.90 Å². The minimum atomic E-state index is -0.765. The van der Waals surface area contributed by atoms with Crippen LogP contribution in [0.25, 0.3) is 0 Å². The average Bonchev–Trinajstić information content (AvgIpc) is 2.84. The minimum Gasteiger partial charge on any atom is -0.481 e. The van der Waals surface area contributed by atoms with Gasteiger partial charge in [-0.25, -0.2) is 9.97 Å². The number of rotatable bonds is 4. The Hall–Kier alpha value is -2.16. The van der Waals surface area contributed by atoms with E-state index in [-0.39, 0.29) is 5.69 Å². The van der Waals surface area contributed by atoms with Crippen LogP contribution in [0.5, 0.6) is 0 Å². The van der Waals surface area contributed by atoms with E-state index in [1.807, 2.05) is 17.9 Å². The van der Waals surface area contributed by atoms with Crippen molar-refractivity contribution in [3.8, 4) is 6.07 Å². The number of hydrogen-bond donors (Lipinski definition) is 1. The number of aromatic nitrogens is 2. The van der Waals surface area contributed by atoms with E-state index in [1.165, 1.54) is 12.4 Å². The molecule has 1 fully saturated rings. The Morgan fingerprint density at radius 2 is 2.32 bits per heavy atom. The van der Waals surface area contributed by atoms with E-state index in [0.717, 1.165) is 6.42 Å². The molecule has 0 amide bonds. The molecule has 0 aromatic carbocycles. The van der Waals surface area contributed by atoms with Crippen LogP contribution in [0.1, 0.15) is 31.9 Å². The number of hydrogen-bond acceptors (Lipinski definition) is 5. The van der Waals surface area contributed by atoms with Crippen LogP contribution in [0.15, 0.2) is 12.4 Å². The molecule has 0 radical (unpaired) electrons. The van der Waals surface area contributed by atoms with E-state index < -0.39 is 11.4 Å². The van der Waals surface area contributed by atoms with Crippen molar-refractivity contribution in [1.82, 2.24) is 9.97 Å². The SMILES string of the molecule is CCCC1(C(=O)O)CCN(c2nccnc2C#N)C1. The lowest BCUT2D eigenvalue weighted by atomic mass is 9.83. The molecule has 1 aliphatic rings. The second kappa shape index (κ2) is 5.22. The van der Waals surface area contributed by atoms with Crippen LogP contribution in [0.2, 0.25) is 0 Å². The van der Waals surface area contributed by atoms with Gasteiger partial charge in [0.05, 0.1) is 5.41 Å². The van der Waals surface area contributed by atoms with Gasteiger partial charge < -0.3 is 10.0 Å². The monoisotopic (exact) mass is 260 g/mol. The second-order valence-electron chi connectivity index (χ2n) is 4.85. The molecule has 1 aromatic rings. The van der Waals surface area contributed by atoms with Crippen LogP contribution >= 0.6 is 0 Å². The van der Waals surface area contributed by atoms with Gasteiger partial charge >= 0.3 is 5.97 Å². The highest BCUT2D eigenvalue weighted by Crippen LogP contribution is 2.37. The minimum absolute atomic E-state index is 0.250. The molecule has 1 unspecified atom stereocenters. The third kappa shape index (κ3) is 2.36. The first-order valence-corrected chi connectivity index (χ1v) is 6.32. The molecule has 0 saturated carbocycles. The molecular weight excluding hydrogens is 244 g/mol. The normalized spacial score (nSPS) is 22.2. The lowest BCUT2D eigenvalue weighted by molar-refractivity contribution is -0.148. The Labute approximate surface area is 111 Å². The van der Waals surface area contributed by atoms with Gasteiger partial charge in [0.15, 0.2) is 11.5 Å². The van der Waals surface area contributed by atoms with Gasteiger partial charge in [-0.3, -0.25) is 4.79 Å². The summed E-state index contributed by atoms with van der Waals surface area (Å²) in [6.45, 7) is 2.97. The van der Waals surface area contributed by atoms with Crippen molar-refractivity contribution in [1.29, 1.82) is 5.26 Å². The Kier molecular flexibility index (Phi) is 3.65. The van der Waals surface area contributed by atoms with Crippen molar-refractivity contribution in [3.63, 3.8) is 0 Å². The van der Waals surface area contributed by atoms with Crippen LogP contribution in [-0.4, -0.2) is 34.1 Å². The maximum atomic E-state index is 11.5. The summed E-state index contributed by atoms with van der Waals surface area (Å²) in [4.78, 5) is 21.5. The summed E-state index contributed by atoms with van der Waals surface area (Å²) < 4.78 is 0. The van der Waals surface area contributed by atoms with Gasteiger partial charge in [0.1, 0.15) is 6.07 Å². The van der Waals surface area contributed by atoms with E-state index in [1.54, 1.807) is 0 Å². The first kappa shape index (κ1) is 13.3. The largest absolute Gasteiger partial charge is 0.481 e. The Bertz CT molecular complexity index is 526. The summed E-state index contributed by atoms with van der Waals surface area (Å²) in [5, 5.41) is 18.5. The zero-order chi connectivity index (χ0) is 13.9. The summed E-state index contributed by atoms with van der Waals surface area (Å²) >= 11 is 0. The highest BCUT2D eigenvalue weighted by molar-refractivity contribution is 5.76. The van der Waals surface area contributed by atoms with Crippen molar-refractivity contribution in [2.75, 3.05) is 18.0 Å². The molecule has 1 aliphatic heterocycles. The van der Waals surface area contributed by atoms with E-state index in [9.17, 15) is 9.90 Å². The molecule has 0 aliphatic carbocycles. The average molecular weight is 260 g/mol. The fourth-order valence-corrected chi connectivity index (χ4v) is 2.66. The van der Waals surface area contributed by atoms with Crippen molar-refractivity contribution in [2.24, 2.45) is 5.41 Å². The highest BCUT2D eigenvalue weighted by Gasteiger charge is 2.44. The summed E-state index contributed by atoms with van der Waals surface area (Å²) in [6, 6.07) is 2.00. The molecule has 100 valence electrons. The number of carbonyl (C=O) groups is 1. The zero-order valence-corrected chi connectivity index (χ0v) is 10.8. The van der Waals surface area contributed by atoms with Crippen molar-refractivity contribution in [3.05, 3.63) is 18.1 Å². The molecule has 1 atom stereocenters. The predicted molar refractivity (Wildman–Crippen MR) is 68.6 cm³/mol. The van der Waals surface area contributed by atoms with Crippen molar-refractivity contribution >= 4 is 11.8 Å². The van der Waals surface area contributed by atoms with Gasteiger partial charge in [0, 0.05) is 25.5 Å². The molecule has 6 nitrogen and oxygen atoms in total. The molecule has 19 heavy (non-hydrogen) atoms. The second-order valence-corrected chi connectivity index (χ2v) is 4.85. The molecule has 1 saturated heterocycles. The number of nitriles is 1. The number of aliphatic carboxylic acids is 1. The fourth-order valence-electron chi connectivity index (χ4n) is 2.66. The lowest BCUT2D eigenvalue weighted by Crippen LogP contribution is -2.35. The van der Waals surface area contributed by atoms with Gasteiger partial charge in [-0.15, -0.1) is 0 Å².